The molecule has 2 aromatic heterocycles. The summed E-state index contributed by atoms with van der Waals surface area (Å²) in [5, 5.41) is 5.23. The van der Waals surface area contributed by atoms with Crippen molar-refractivity contribution in [3.63, 3.8) is 0 Å². The fourth-order valence-electron chi connectivity index (χ4n) is 2.84. The number of thiazole rings is 1. The van der Waals surface area contributed by atoms with E-state index >= 15 is 0 Å². The zero-order valence-electron chi connectivity index (χ0n) is 16.0. The van der Waals surface area contributed by atoms with E-state index in [0.717, 1.165) is 0 Å². The SMILES string of the molecule is COc1cc2nccc(Oc3ccc(NC(=O)c4nccs4)cc3F)c2cc1OC. The van der Waals surface area contributed by atoms with Gasteiger partial charge in [-0.1, -0.05) is 0 Å². The number of hydrogen-bond acceptors (Lipinski definition) is 7. The standard InChI is InChI=1S/C21H16FN3O4S/c1-27-18-10-13-15(11-19(18)28-2)23-6-5-16(13)29-17-4-3-12(9-14(17)22)25-20(26)21-24-7-8-30-21/h3-11H,1-2H3,(H,25,26). The van der Waals surface area contributed by atoms with Crippen molar-refractivity contribution in [1.82, 2.24) is 9.97 Å². The molecule has 2 aromatic carbocycles. The molecule has 152 valence electrons. The average Bonchev–Trinajstić information content (AvgIpc) is 3.30. The van der Waals surface area contributed by atoms with Crippen molar-refractivity contribution in [3.05, 3.63) is 65.0 Å². The Balaban J connectivity index is 1.61. The third-order valence-corrected chi connectivity index (χ3v) is 5.01. The summed E-state index contributed by atoms with van der Waals surface area (Å²) < 4.78 is 31.1. The molecule has 4 rings (SSSR count). The van der Waals surface area contributed by atoms with Gasteiger partial charge in [-0.05, 0) is 24.3 Å². The van der Waals surface area contributed by atoms with Gasteiger partial charge in [-0.3, -0.25) is 9.78 Å². The lowest BCUT2D eigenvalue weighted by Crippen LogP contribution is -2.11. The monoisotopic (exact) mass is 425 g/mol. The summed E-state index contributed by atoms with van der Waals surface area (Å²) in [5.41, 5.74) is 0.906. The van der Waals surface area contributed by atoms with Crippen LogP contribution in [0.4, 0.5) is 10.1 Å². The number of nitrogens with one attached hydrogen (secondary N) is 1. The third kappa shape index (κ3) is 3.87. The number of methoxy groups -OCH3 is 2. The molecular weight excluding hydrogens is 409 g/mol. The van der Waals surface area contributed by atoms with Crippen LogP contribution in [0.15, 0.2) is 54.2 Å². The van der Waals surface area contributed by atoms with Crippen molar-refractivity contribution < 1.29 is 23.4 Å². The minimum absolute atomic E-state index is 0.00420. The summed E-state index contributed by atoms with van der Waals surface area (Å²) in [7, 11) is 3.06. The number of ether oxygens (including phenoxy) is 3. The Kier molecular flexibility index (Phi) is 5.44. The van der Waals surface area contributed by atoms with Gasteiger partial charge in [0.15, 0.2) is 28.1 Å². The van der Waals surface area contributed by atoms with Crippen LogP contribution in [-0.2, 0) is 0 Å². The van der Waals surface area contributed by atoms with Gasteiger partial charge in [0, 0.05) is 41.0 Å². The summed E-state index contributed by atoms with van der Waals surface area (Å²) in [4.78, 5) is 20.3. The Labute approximate surface area is 175 Å². The summed E-state index contributed by atoms with van der Waals surface area (Å²) in [6, 6.07) is 9.25. The Bertz CT molecular complexity index is 1210. The van der Waals surface area contributed by atoms with E-state index in [9.17, 15) is 9.18 Å². The summed E-state index contributed by atoms with van der Waals surface area (Å²) in [6.45, 7) is 0. The second kappa shape index (κ2) is 8.34. The zero-order chi connectivity index (χ0) is 21.1. The normalized spacial score (nSPS) is 10.6. The number of pyridine rings is 1. The number of hydrogen-bond donors (Lipinski definition) is 1. The maximum atomic E-state index is 14.6. The molecule has 0 unspecified atom stereocenters. The number of nitrogens with zero attached hydrogens (tertiary/aromatic N) is 2. The molecule has 1 N–H and O–H groups in total. The molecule has 0 saturated heterocycles. The maximum Gasteiger partial charge on any atom is 0.284 e. The smallest absolute Gasteiger partial charge is 0.284 e. The summed E-state index contributed by atoms with van der Waals surface area (Å²) >= 11 is 1.20. The lowest BCUT2D eigenvalue weighted by Gasteiger charge is -2.13. The van der Waals surface area contributed by atoms with Crippen LogP contribution in [0.1, 0.15) is 9.80 Å². The van der Waals surface area contributed by atoms with Gasteiger partial charge in [0.05, 0.1) is 19.7 Å². The van der Waals surface area contributed by atoms with Crippen LogP contribution >= 0.6 is 11.3 Å². The van der Waals surface area contributed by atoms with Gasteiger partial charge in [-0.15, -0.1) is 11.3 Å². The number of carbonyl (C=O) groups is 1. The topological polar surface area (TPSA) is 82.6 Å². The van der Waals surface area contributed by atoms with Gasteiger partial charge in [-0.25, -0.2) is 9.37 Å². The first kappa shape index (κ1) is 19.6. The van der Waals surface area contributed by atoms with Crippen molar-refractivity contribution in [2.45, 2.75) is 0 Å². The molecule has 0 atom stereocenters. The summed E-state index contributed by atoms with van der Waals surface area (Å²) in [5.74, 6) is 0.408. The molecule has 30 heavy (non-hydrogen) atoms. The number of carbonyl (C=O) groups excluding carboxylic acids is 1. The molecule has 4 aromatic rings. The van der Waals surface area contributed by atoms with E-state index < -0.39 is 11.7 Å². The Morgan fingerprint density at radius 2 is 1.77 bits per heavy atom. The molecule has 1 amide bonds. The van der Waals surface area contributed by atoms with Gasteiger partial charge in [0.2, 0.25) is 0 Å². The Hall–Kier alpha value is -3.72. The highest BCUT2D eigenvalue weighted by atomic mass is 32.1. The number of rotatable bonds is 6. The van der Waals surface area contributed by atoms with Crippen LogP contribution in [0.25, 0.3) is 10.9 Å². The molecule has 0 saturated carbocycles. The van der Waals surface area contributed by atoms with Gasteiger partial charge in [-0.2, -0.15) is 0 Å². The van der Waals surface area contributed by atoms with Crippen molar-refractivity contribution in [2.24, 2.45) is 0 Å². The number of anilines is 1. The van der Waals surface area contributed by atoms with Gasteiger partial charge >= 0.3 is 0 Å². The van der Waals surface area contributed by atoms with E-state index in [4.69, 9.17) is 14.2 Å². The first-order valence-corrected chi connectivity index (χ1v) is 9.66. The van der Waals surface area contributed by atoms with Gasteiger partial charge in [0.25, 0.3) is 5.91 Å². The lowest BCUT2D eigenvalue weighted by atomic mass is 10.2. The molecule has 0 radical (unpaired) electrons. The Morgan fingerprint density at radius 1 is 0.967 bits per heavy atom. The van der Waals surface area contributed by atoms with Crippen LogP contribution in [0.5, 0.6) is 23.0 Å². The Morgan fingerprint density at radius 3 is 2.47 bits per heavy atom. The van der Waals surface area contributed by atoms with Crippen LogP contribution in [0, 0.1) is 5.82 Å². The minimum atomic E-state index is -0.627. The number of benzene rings is 2. The maximum absolute atomic E-state index is 14.6. The van der Waals surface area contributed by atoms with Gasteiger partial charge in [0.1, 0.15) is 5.75 Å². The highest BCUT2D eigenvalue weighted by molar-refractivity contribution is 7.11. The highest BCUT2D eigenvalue weighted by Gasteiger charge is 2.14. The largest absolute Gasteiger partial charge is 0.493 e. The van der Waals surface area contributed by atoms with Crippen molar-refractivity contribution in [2.75, 3.05) is 19.5 Å². The average molecular weight is 425 g/mol. The lowest BCUT2D eigenvalue weighted by molar-refractivity contribution is 0.102. The molecule has 7 nitrogen and oxygen atoms in total. The molecule has 9 heteroatoms. The number of aromatic nitrogens is 2. The second-order valence-electron chi connectivity index (χ2n) is 6.07. The molecule has 0 fully saturated rings. The molecular formula is C21H16FN3O4S. The van der Waals surface area contributed by atoms with E-state index in [0.29, 0.717) is 38.8 Å². The van der Waals surface area contributed by atoms with Gasteiger partial charge < -0.3 is 19.5 Å². The predicted molar refractivity (Wildman–Crippen MR) is 111 cm³/mol. The number of amides is 1. The van der Waals surface area contributed by atoms with E-state index in [2.05, 4.69) is 15.3 Å². The number of fused-ring (bicyclic) bond motifs is 1. The molecule has 0 aliphatic heterocycles. The quantitative estimate of drug-likeness (QED) is 0.474. The van der Waals surface area contributed by atoms with Crippen LogP contribution in [0.2, 0.25) is 0 Å². The highest BCUT2D eigenvalue weighted by Crippen LogP contribution is 2.37. The van der Waals surface area contributed by atoms with E-state index in [1.807, 2.05) is 0 Å². The fraction of sp³-hybridized carbons (Fsp3) is 0.0952. The zero-order valence-corrected chi connectivity index (χ0v) is 16.8. The number of halogens is 1. The van der Waals surface area contributed by atoms with E-state index in [1.54, 1.807) is 35.8 Å². The molecule has 0 spiro atoms. The first-order valence-electron chi connectivity index (χ1n) is 8.78. The van der Waals surface area contributed by atoms with Crippen molar-refractivity contribution in [1.29, 1.82) is 0 Å². The fourth-order valence-corrected chi connectivity index (χ4v) is 3.37. The first-order chi connectivity index (χ1) is 14.6. The van der Waals surface area contributed by atoms with Crippen LogP contribution in [0.3, 0.4) is 0 Å². The van der Waals surface area contributed by atoms with Crippen molar-refractivity contribution >= 4 is 33.8 Å². The van der Waals surface area contributed by atoms with Crippen molar-refractivity contribution in [3.8, 4) is 23.0 Å². The molecule has 0 aliphatic rings. The predicted octanol–water partition coefficient (Wildman–Crippen LogP) is 4.89. The van der Waals surface area contributed by atoms with Crippen LogP contribution in [-0.4, -0.2) is 30.1 Å². The summed E-state index contributed by atoms with van der Waals surface area (Å²) in [6.07, 6.45) is 3.09. The molecule has 0 bridgehead atoms. The minimum Gasteiger partial charge on any atom is -0.493 e. The molecule has 2 heterocycles. The third-order valence-electron chi connectivity index (χ3n) is 4.24. The van der Waals surface area contributed by atoms with Crippen LogP contribution < -0.4 is 19.5 Å². The van der Waals surface area contributed by atoms with E-state index in [-0.39, 0.29) is 5.75 Å². The van der Waals surface area contributed by atoms with E-state index in [1.165, 1.54) is 43.9 Å². The second-order valence-corrected chi connectivity index (χ2v) is 6.97. The molecule has 0 aliphatic carbocycles.